The number of nitrogens with one attached hydrogen (secondary N) is 1. The number of para-hydroxylation sites is 1. The highest BCUT2D eigenvalue weighted by molar-refractivity contribution is 7.71. The van der Waals surface area contributed by atoms with Crippen molar-refractivity contribution in [3.8, 4) is 0 Å². The summed E-state index contributed by atoms with van der Waals surface area (Å²) in [6, 6.07) is 14.4. The molecule has 0 saturated heterocycles. The lowest BCUT2D eigenvalue weighted by molar-refractivity contribution is -0.384. The number of benzene rings is 2. The second kappa shape index (κ2) is 7.28. The van der Waals surface area contributed by atoms with Gasteiger partial charge in [-0.1, -0.05) is 24.3 Å². The number of anilines is 2. The second-order valence-electron chi connectivity index (χ2n) is 5.53. The first-order valence-electron chi connectivity index (χ1n) is 7.73. The van der Waals surface area contributed by atoms with Crippen molar-refractivity contribution in [1.82, 2.24) is 14.9 Å². The number of nitro groups is 1. The molecule has 0 aliphatic carbocycles. The van der Waals surface area contributed by atoms with E-state index in [2.05, 4.69) is 15.3 Å². The molecule has 132 valence electrons. The van der Waals surface area contributed by atoms with Gasteiger partial charge in [0.1, 0.15) is 11.5 Å². The van der Waals surface area contributed by atoms with Crippen LogP contribution in [0.2, 0.25) is 0 Å². The van der Waals surface area contributed by atoms with Crippen LogP contribution in [-0.2, 0) is 0 Å². The van der Waals surface area contributed by atoms with Crippen LogP contribution in [0.25, 0.3) is 0 Å². The van der Waals surface area contributed by atoms with Crippen LogP contribution in [0.15, 0.2) is 53.6 Å². The fraction of sp³-hybridized carbons (Fsp3) is 0.118. The minimum absolute atomic E-state index is 0.00665. The zero-order valence-electron chi connectivity index (χ0n) is 14.2. The Labute approximate surface area is 154 Å². The van der Waals surface area contributed by atoms with E-state index in [9.17, 15) is 10.1 Å². The first-order valence-corrected chi connectivity index (χ1v) is 8.14. The fourth-order valence-corrected chi connectivity index (χ4v) is 2.70. The Bertz CT molecular complexity index is 1030. The van der Waals surface area contributed by atoms with E-state index in [0.29, 0.717) is 21.8 Å². The quantitative estimate of drug-likeness (QED) is 0.320. The maximum Gasteiger partial charge on any atom is 0.293 e. The van der Waals surface area contributed by atoms with Gasteiger partial charge in [-0.05, 0) is 37.3 Å². The second-order valence-corrected chi connectivity index (χ2v) is 5.92. The van der Waals surface area contributed by atoms with Crippen molar-refractivity contribution in [2.24, 2.45) is 5.10 Å². The molecule has 0 fully saturated rings. The summed E-state index contributed by atoms with van der Waals surface area (Å²) in [6.45, 7) is 1.75. The topological polar surface area (TPSA) is 92.3 Å². The summed E-state index contributed by atoms with van der Waals surface area (Å²) in [4.78, 5) is 12.9. The predicted octanol–water partition coefficient (Wildman–Crippen LogP) is 3.81. The molecule has 3 rings (SSSR count). The van der Waals surface area contributed by atoms with Gasteiger partial charge < -0.3 is 4.90 Å². The summed E-state index contributed by atoms with van der Waals surface area (Å²) >= 11 is 5.08. The van der Waals surface area contributed by atoms with Crippen LogP contribution >= 0.6 is 12.2 Å². The van der Waals surface area contributed by atoms with Gasteiger partial charge in [-0.2, -0.15) is 14.9 Å². The minimum Gasteiger partial charge on any atom is -0.339 e. The number of hydrogen-bond acceptors (Lipinski definition) is 6. The zero-order valence-corrected chi connectivity index (χ0v) is 15.0. The monoisotopic (exact) mass is 368 g/mol. The van der Waals surface area contributed by atoms with Crippen LogP contribution in [0, 0.1) is 21.8 Å². The van der Waals surface area contributed by atoms with Crippen LogP contribution in [0.1, 0.15) is 11.4 Å². The summed E-state index contributed by atoms with van der Waals surface area (Å²) in [7, 11) is 1.79. The average molecular weight is 368 g/mol. The van der Waals surface area contributed by atoms with Crippen LogP contribution in [0.4, 0.5) is 17.1 Å². The lowest BCUT2D eigenvalue weighted by Gasteiger charge is -2.19. The van der Waals surface area contributed by atoms with Gasteiger partial charge >= 0.3 is 0 Å². The molecule has 1 heterocycles. The lowest BCUT2D eigenvalue weighted by atomic mass is 10.1. The fourth-order valence-electron chi connectivity index (χ4n) is 2.47. The first kappa shape index (κ1) is 17.5. The van der Waals surface area contributed by atoms with Crippen molar-refractivity contribution < 1.29 is 4.92 Å². The molecule has 0 radical (unpaired) electrons. The van der Waals surface area contributed by atoms with Crippen molar-refractivity contribution in [2.75, 3.05) is 11.9 Å². The summed E-state index contributed by atoms with van der Waals surface area (Å²) in [5, 5.41) is 22.4. The minimum atomic E-state index is -0.402. The summed E-state index contributed by atoms with van der Waals surface area (Å²) < 4.78 is 1.80. The number of nitrogens with zero attached hydrogens (tertiary/aromatic N) is 5. The molecule has 0 saturated carbocycles. The van der Waals surface area contributed by atoms with Crippen molar-refractivity contribution in [3.05, 3.63) is 74.8 Å². The van der Waals surface area contributed by atoms with Gasteiger partial charge in [0.25, 0.3) is 5.69 Å². The Balaban J connectivity index is 1.97. The van der Waals surface area contributed by atoms with Gasteiger partial charge in [0, 0.05) is 24.4 Å². The SMILES string of the molecule is Cc1n[nH]c(=S)n1/N=C\c1ccc(N(C)c2ccccc2)c([N+](=O)[O-])c1. The molecule has 0 bridgehead atoms. The number of H-pyrrole nitrogens is 1. The van der Waals surface area contributed by atoms with Crippen LogP contribution in [-0.4, -0.2) is 33.1 Å². The van der Waals surface area contributed by atoms with Gasteiger partial charge in [0.05, 0.1) is 11.1 Å². The maximum atomic E-state index is 11.5. The number of nitro benzene ring substituents is 1. The normalized spacial score (nSPS) is 11.0. The molecular formula is C17H16N6O2S. The Hall–Kier alpha value is -3.33. The third-order valence-electron chi connectivity index (χ3n) is 3.84. The molecule has 0 unspecified atom stereocenters. The van der Waals surface area contributed by atoms with Crippen molar-refractivity contribution in [2.45, 2.75) is 6.92 Å². The van der Waals surface area contributed by atoms with Crippen molar-refractivity contribution >= 4 is 35.5 Å². The summed E-state index contributed by atoms with van der Waals surface area (Å²) in [5.74, 6) is 0.598. The highest BCUT2D eigenvalue weighted by atomic mass is 32.1. The largest absolute Gasteiger partial charge is 0.339 e. The van der Waals surface area contributed by atoms with Crippen LogP contribution in [0.5, 0.6) is 0 Å². The number of rotatable bonds is 5. The van der Waals surface area contributed by atoms with Crippen molar-refractivity contribution in [3.63, 3.8) is 0 Å². The molecule has 0 atom stereocenters. The Morgan fingerprint density at radius 2 is 2.04 bits per heavy atom. The van der Waals surface area contributed by atoms with E-state index in [4.69, 9.17) is 12.2 Å². The number of aromatic amines is 1. The molecule has 9 heteroatoms. The number of aromatic nitrogens is 3. The smallest absolute Gasteiger partial charge is 0.293 e. The molecule has 1 N–H and O–H groups in total. The summed E-state index contributed by atoms with van der Waals surface area (Å²) in [6.07, 6.45) is 1.51. The predicted molar refractivity (Wildman–Crippen MR) is 103 cm³/mol. The Kier molecular flexibility index (Phi) is 4.90. The molecular weight excluding hydrogens is 352 g/mol. The van der Waals surface area contributed by atoms with Gasteiger partial charge in [0.15, 0.2) is 0 Å². The average Bonchev–Trinajstić information content (AvgIpc) is 2.97. The molecule has 1 aromatic heterocycles. The highest BCUT2D eigenvalue weighted by Gasteiger charge is 2.18. The number of hydrogen-bond donors (Lipinski definition) is 1. The van der Waals surface area contributed by atoms with Crippen LogP contribution < -0.4 is 4.90 Å². The third-order valence-corrected chi connectivity index (χ3v) is 4.10. The van der Waals surface area contributed by atoms with E-state index < -0.39 is 4.92 Å². The molecule has 3 aromatic rings. The van der Waals surface area contributed by atoms with Gasteiger partial charge in [-0.25, -0.2) is 0 Å². The zero-order chi connectivity index (χ0) is 18.7. The highest BCUT2D eigenvalue weighted by Crippen LogP contribution is 2.32. The standard InChI is InChI=1S/C17H16N6O2S/c1-12-19-20-17(26)22(12)18-11-13-8-9-15(16(10-13)23(24)25)21(2)14-6-4-3-5-7-14/h3-11H,1-2H3,(H,20,26)/b18-11-. The number of aryl methyl sites for hydroxylation is 1. The lowest BCUT2D eigenvalue weighted by Crippen LogP contribution is -2.11. The molecule has 26 heavy (non-hydrogen) atoms. The molecule has 0 aliphatic rings. The van der Waals surface area contributed by atoms with Gasteiger partial charge in [0.2, 0.25) is 4.77 Å². The van der Waals surface area contributed by atoms with E-state index in [-0.39, 0.29) is 5.69 Å². The van der Waals surface area contributed by atoms with Crippen LogP contribution in [0.3, 0.4) is 0 Å². The molecule has 8 nitrogen and oxygen atoms in total. The first-order chi connectivity index (χ1) is 12.5. The Morgan fingerprint density at radius 1 is 1.31 bits per heavy atom. The molecule has 2 aromatic carbocycles. The summed E-state index contributed by atoms with van der Waals surface area (Å²) in [5.41, 5.74) is 1.93. The van der Waals surface area contributed by atoms with E-state index in [0.717, 1.165) is 5.69 Å². The third kappa shape index (κ3) is 3.52. The molecule has 0 spiro atoms. The Morgan fingerprint density at radius 3 is 2.65 bits per heavy atom. The van der Waals surface area contributed by atoms with E-state index >= 15 is 0 Å². The van der Waals surface area contributed by atoms with E-state index in [1.165, 1.54) is 17.0 Å². The van der Waals surface area contributed by atoms with Gasteiger partial charge in [-0.3, -0.25) is 15.2 Å². The maximum absolute atomic E-state index is 11.5. The molecule has 0 aliphatic heterocycles. The van der Waals surface area contributed by atoms with Gasteiger partial charge in [-0.15, -0.1) is 0 Å². The van der Waals surface area contributed by atoms with E-state index in [1.54, 1.807) is 31.0 Å². The van der Waals surface area contributed by atoms with Crippen molar-refractivity contribution in [1.29, 1.82) is 0 Å². The molecule has 0 amide bonds. The van der Waals surface area contributed by atoms with E-state index in [1.807, 2.05) is 30.3 Å².